The molecule has 7 nitrogen and oxygen atoms in total. The Morgan fingerprint density at radius 2 is 1.96 bits per heavy atom. The smallest absolute Gasteiger partial charge is 0.317 e. The number of likely N-dealkylation sites (tertiary alicyclic amines) is 1. The number of carbonyl (C=O) groups excluding carboxylic acids is 2. The molecule has 2 aliphatic rings. The molecule has 27 heavy (non-hydrogen) atoms. The Morgan fingerprint density at radius 3 is 2.59 bits per heavy atom. The second kappa shape index (κ2) is 8.50. The molecular formula is C20H30N4O3. The molecule has 3 rings (SSSR count). The Morgan fingerprint density at radius 1 is 1.22 bits per heavy atom. The SMILES string of the molecule is CC(C)Oc1cccc([C@@H](C)NC(=O)N2CCC(N3CCNC3=O)CC2)c1. The molecule has 2 N–H and O–H groups in total. The van der Waals surface area contributed by atoms with Gasteiger partial charge in [-0.3, -0.25) is 0 Å². The van der Waals surface area contributed by atoms with E-state index in [-0.39, 0.29) is 30.2 Å². The van der Waals surface area contributed by atoms with Gasteiger partial charge in [0.25, 0.3) is 0 Å². The highest BCUT2D eigenvalue weighted by atomic mass is 16.5. The minimum atomic E-state index is -0.102. The molecule has 1 atom stereocenters. The van der Waals surface area contributed by atoms with E-state index in [1.807, 2.05) is 54.8 Å². The number of nitrogens with zero attached hydrogens (tertiary/aromatic N) is 2. The quantitative estimate of drug-likeness (QED) is 0.832. The fourth-order valence-corrected chi connectivity index (χ4v) is 3.70. The number of hydrogen-bond donors (Lipinski definition) is 2. The number of benzene rings is 1. The molecule has 1 aromatic rings. The molecule has 0 unspecified atom stereocenters. The van der Waals surface area contributed by atoms with Crippen molar-refractivity contribution in [1.29, 1.82) is 0 Å². The van der Waals surface area contributed by atoms with E-state index in [1.165, 1.54) is 0 Å². The maximum Gasteiger partial charge on any atom is 0.317 e. The summed E-state index contributed by atoms with van der Waals surface area (Å²) >= 11 is 0. The van der Waals surface area contributed by atoms with Crippen molar-refractivity contribution in [2.24, 2.45) is 0 Å². The van der Waals surface area contributed by atoms with E-state index in [9.17, 15) is 9.59 Å². The van der Waals surface area contributed by atoms with E-state index in [1.54, 1.807) is 0 Å². The zero-order valence-electron chi connectivity index (χ0n) is 16.4. The Hall–Kier alpha value is -2.44. The summed E-state index contributed by atoms with van der Waals surface area (Å²) in [7, 11) is 0. The molecule has 2 heterocycles. The summed E-state index contributed by atoms with van der Waals surface area (Å²) in [4.78, 5) is 28.2. The number of hydrogen-bond acceptors (Lipinski definition) is 3. The third-order valence-electron chi connectivity index (χ3n) is 5.15. The number of carbonyl (C=O) groups is 2. The summed E-state index contributed by atoms with van der Waals surface area (Å²) in [5.41, 5.74) is 1.02. The lowest BCUT2D eigenvalue weighted by Gasteiger charge is -2.36. The highest BCUT2D eigenvalue weighted by molar-refractivity contribution is 5.77. The van der Waals surface area contributed by atoms with Gasteiger partial charge in [0.05, 0.1) is 12.1 Å². The van der Waals surface area contributed by atoms with Gasteiger partial charge in [0.2, 0.25) is 0 Å². The molecule has 7 heteroatoms. The van der Waals surface area contributed by atoms with Gasteiger partial charge in [-0.05, 0) is 51.3 Å². The van der Waals surface area contributed by atoms with Gasteiger partial charge >= 0.3 is 12.1 Å². The van der Waals surface area contributed by atoms with E-state index in [4.69, 9.17) is 4.74 Å². The van der Waals surface area contributed by atoms with Crippen LogP contribution < -0.4 is 15.4 Å². The molecule has 0 radical (unpaired) electrons. The number of piperidine rings is 1. The van der Waals surface area contributed by atoms with Crippen LogP contribution in [0, 0.1) is 0 Å². The Bertz CT molecular complexity index is 671. The second-order valence-corrected chi connectivity index (χ2v) is 7.55. The van der Waals surface area contributed by atoms with Crippen LogP contribution in [0.15, 0.2) is 24.3 Å². The predicted molar refractivity (Wildman–Crippen MR) is 104 cm³/mol. The van der Waals surface area contributed by atoms with Crippen molar-refractivity contribution in [3.63, 3.8) is 0 Å². The van der Waals surface area contributed by atoms with Gasteiger partial charge < -0.3 is 25.2 Å². The standard InChI is InChI=1S/C20H30N4O3/c1-14(2)27-18-6-4-5-16(13-18)15(3)22-20(26)23-10-7-17(8-11-23)24-12-9-21-19(24)25/h4-6,13-15,17H,7-12H2,1-3H3,(H,21,25)(H,22,26)/t15-/m1/s1. The molecule has 2 saturated heterocycles. The average molecular weight is 374 g/mol. The van der Waals surface area contributed by atoms with Crippen LogP contribution in [0.4, 0.5) is 9.59 Å². The van der Waals surface area contributed by atoms with Crippen LogP contribution in [-0.4, -0.2) is 60.2 Å². The summed E-state index contributed by atoms with van der Waals surface area (Å²) in [6.45, 7) is 8.79. The normalized spacial score (nSPS) is 19.2. The predicted octanol–water partition coefficient (Wildman–Crippen LogP) is 2.73. The van der Waals surface area contributed by atoms with Crippen molar-refractivity contribution in [3.05, 3.63) is 29.8 Å². The first-order valence-corrected chi connectivity index (χ1v) is 9.80. The molecule has 0 bridgehead atoms. The first kappa shape index (κ1) is 19.3. The Balaban J connectivity index is 1.51. The van der Waals surface area contributed by atoms with Crippen LogP contribution >= 0.6 is 0 Å². The molecule has 2 fully saturated rings. The third kappa shape index (κ3) is 4.84. The topological polar surface area (TPSA) is 73.9 Å². The van der Waals surface area contributed by atoms with Crippen LogP contribution in [0.1, 0.15) is 45.2 Å². The van der Waals surface area contributed by atoms with Crippen LogP contribution in [0.3, 0.4) is 0 Å². The van der Waals surface area contributed by atoms with E-state index in [0.29, 0.717) is 13.1 Å². The van der Waals surface area contributed by atoms with Gasteiger partial charge in [-0.1, -0.05) is 12.1 Å². The lowest BCUT2D eigenvalue weighted by molar-refractivity contribution is 0.139. The molecule has 148 valence electrons. The monoisotopic (exact) mass is 374 g/mol. The largest absolute Gasteiger partial charge is 0.491 e. The average Bonchev–Trinajstić information content (AvgIpc) is 3.07. The molecule has 2 aliphatic heterocycles. The van der Waals surface area contributed by atoms with Crippen molar-refractivity contribution in [1.82, 2.24) is 20.4 Å². The first-order chi connectivity index (χ1) is 12.9. The molecule has 0 aliphatic carbocycles. The van der Waals surface area contributed by atoms with Gasteiger partial charge in [0.15, 0.2) is 0 Å². The van der Waals surface area contributed by atoms with Gasteiger partial charge in [-0.15, -0.1) is 0 Å². The number of nitrogens with one attached hydrogen (secondary N) is 2. The van der Waals surface area contributed by atoms with Crippen LogP contribution in [0.25, 0.3) is 0 Å². The highest BCUT2D eigenvalue weighted by Crippen LogP contribution is 2.22. The number of rotatable bonds is 5. The fraction of sp³-hybridized carbons (Fsp3) is 0.600. The van der Waals surface area contributed by atoms with Crippen molar-refractivity contribution in [2.45, 2.75) is 51.8 Å². The van der Waals surface area contributed by atoms with Gasteiger partial charge in [-0.2, -0.15) is 0 Å². The van der Waals surface area contributed by atoms with E-state index in [0.717, 1.165) is 37.2 Å². The summed E-state index contributed by atoms with van der Waals surface area (Å²) in [5.74, 6) is 0.813. The summed E-state index contributed by atoms with van der Waals surface area (Å²) < 4.78 is 5.74. The molecular weight excluding hydrogens is 344 g/mol. The second-order valence-electron chi connectivity index (χ2n) is 7.55. The third-order valence-corrected chi connectivity index (χ3v) is 5.15. The summed E-state index contributed by atoms with van der Waals surface area (Å²) in [6.07, 6.45) is 1.77. The maximum atomic E-state index is 12.6. The summed E-state index contributed by atoms with van der Waals surface area (Å²) in [6, 6.07) is 7.95. The van der Waals surface area contributed by atoms with Crippen LogP contribution in [0.5, 0.6) is 5.75 Å². The summed E-state index contributed by atoms with van der Waals surface area (Å²) in [5, 5.41) is 5.92. The maximum absolute atomic E-state index is 12.6. The zero-order valence-corrected chi connectivity index (χ0v) is 16.4. The zero-order chi connectivity index (χ0) is 19.4. The van der Waals surface area contributed by atoms with Gasteiger partial charge in [0.1, 0.15) is 5.75 Å². The molecule has 1 aromatic carbocycles. The molecule has 0 spiro atoms. The van der Waals surface area contributed by atoms with Crippen molar-refractivity contribution < 1.29 is 14.3 Å². The van der Waals surface area contributed by atoms with E-state index in [2.05, 4.69) is 10.6 Å². The number of amides is 4. The number of urea groups is 2. The minimum Gasteiger partial charge on any atom is -0.491 e. The van der Waals surface area contributed by atoms with Crippen molar-refractivity contribution in [2.75, 3.05) is 26.2 Å². The lowest BCUT2D eigenvalue weighted by Crippen LogP contribution is -2.50. The van der Waals surface area contributed by atoms with Crippen molar-refractivity contribution >= 4 is 12.1 Å². The fourth-order valence-electron chi connectivity index (χ4n) is 3.70. The number of ether oxygens (including phenoxy) is 1. The Kier molecular flexibility index (Phi) is 6.08. The van der Waals surface area contributed by atoms with E-state index >= 15 is 0 Å². The lowest BCUT2D eigenvalue weighted by atomic mass is 10.0. The Labute approximate surface area is 161 Å². The first-order valence-electron chi connectivity index (χ1n) is 9.80. The van der Waals surface area contributed by atoms with Crippen LogP contribution in [0.2, 0.25) is 0 Å². The minimum absolute atomic E-state index is 0.0232. The highest BCUT2D eigenvalue weighted by Gasteiger charge is 2.32. The molecule has 0 saturated carbocycles. The van der Waals surface area contributed by atoms with Gasteiger partial charge in [-0.25, -0.2) is 9.59 Å². The van der Waals surface area contributed by atoms with E-state index < -0.39 is 0 Å². The van der Waals surface area contributed by atoms with Crippen molar-refractivity contribution in [3.8, 4) is 5.75 Å². The molecule has 4 amide bonds. The van der Waals surface area contributed by atoms with Gasteiger partial charge in [0, 0.05) is 32.2 Å². The molecule has 0 aromatic heterocycles. The van der Waals surface area contributed by atoms with Crippen LogP contribution in [-0.2, 0) is 0 Å².